The zero-order valence-corrected chi connectivity index (χ0v) is 14.2. The highest BCUT2D eigenvalue weighted by atomic mass is 32.2. The number of fused-ring (bicyclic) bond motifs is 2. The van der Waals surface area contributed by atoms with Crippen molar-refractivity contribution in [2.45, 2.75) is 5.75 Å². The molecule has 1 aliphatic heterocycles. The van der Waals surface area contributed by atoms with Crippen LogP contribution >= 0.6 is 23.1 Å². The van der Waals surface area contributed by atoms with Crippen molar-refractivity contribution < 1.29 is 14.3 Å². The standard InChI is InChI=1S/C17H13NO4S2/c19-13(11-2-3-12-16(6-11)24-17(20)18-12)8-23-7-10-1-4-14-15(5-10)22-9-21-14/h1-6H,7-9H2,(H,18,20). The maximum atomic E-state index is 12.3. The molecular weight excluding hydrogens is 346 g/mol. The van der Waals surface area contributed by atoms with Crippen LogP contribution in [0, 0.1) is 0 Å². The largest absolute Gasteiger partial charge is 0.454 e. The summed E-state index contributed by atoms with van der Waals surface area (Å²) in [6, 6.07) is 11.1. The molecule has 0 saturated heterocycles. The molecule has 7 heteroatoms. The molecule has 0 radical (unpaired) electrons. The summed E-state index contributed by atoms with van der Waals surface area (Å²) in [4.78, 5) is 26.3. The Bertz CT molecular complexity index is 976. The number of carbonyl (C=O) groups excluding carboxylic acids is 1. The van der Waals surface area contributed by atoms with Crippen LogP contribution in [0.5, 0.6) is 11.5 Å². The number of thiazole rings is 1. The van der Waals surface area contributed by atoms with E-state index >= 15 is 0 Å². The van der Waals surface area contributed by atoms with Gasteiger partial charge in [-0.3, -0.25) is 9.59 Å². The van der Waals surface area contributed by atoms with Crippen LogP contribution in [0.3, 0.4) is 0 Å². The Hall–Kier alpha value is -2.25. The fourth-order valence-corrected chi connectivity index (χ4v) is 4.14. The third-order valence-corrected chi connectivity index (χ3v) is 5.53. The Morgan fingerprint density at radius 1 is 1.17 bits per heavy atom. The van der Waals surface area contributed by atoms with Gasteiger partial charge in [-0.1, -0.05) is 17.4 Å². The first-order chi connectivity index (χ1) is 11.7. The molecule has 4 rings (SSSR count). The quantitative estimate of drug-likeness (QED) is 0.707. The molecule has 0 bridgehead atoms. The van der Waals surface area contributed by atoms with Crippen LogP contribution in [-0.4, -0.2) is 23.3 Å². The molecule has 0 spiro atoms. The van der Waals surface area contributed by atoms with Crippen LogP contribution in [0.1, 0.15) is 15.9 Å². The van der Waals surface area contributed by atoms with Crippen molar-refractivity contribution in [3.8, 4) is 11.5 Å². The van der Waals surface area contributed by atoms with Crippen LogP contribution < -0.4 is 14.3 Å². The minimum absolute atomic E-state index is 0.0588. The highest BCUT2D eigenvalue weighted by Gasteiger charge is 2.14. The summed E-state index contributed by atoms with van der Waals surface area (Å²) in [6.45, 7) is 0.262. The Balaban J connectivity index is 1.39. The average Bonchev–Trinajstić information content (AvgIpc) is 3.18. The average molecular weight is 359 g/mol. The number of hydrogen-bond donors (Lipinski definition) is 1. The first-order valence-corrected chi connectivity index (χ1v) is 9.28. The Morgan fingerprint density at radius 2 is 2.04 bits per heavy atom. The summed E-state index contributed by atoms with van der Waals surface area (Å²) >= 11 is 2.67. The summed E-state index contributed by atoms with van der Waals surface area (Å²) < 4.78 is 11.4. The highest BCUT2D eigenvalue weighted by Crippen LogP contribution is 2.33. The normalized spacial score (nSPS) is 12.7. The molecule has 0 unspecified atom stereocenters. The van der Waals surface area contributed by atoms with Gasteiger partial charge >= 0.3 is 4.87 Å². The van der Waals surface area contributed by atoms with E-state index in [1.165, 1.54) is 0 Å². The molecule has 2 heterocycles. The van der Waals surface area contributed by atoms with Crippen molar-refractivity contribution >= 4 is 39.1 Å². The first-order valence-electron chi connectivity index (χ1n) is 7.31. The summed E-state index contributed by atoms with van der Waals surface area (Å²) in [5.41, 5.74) is 2.50. The van der Waals surface area contributed by atoms with Crippen LogP contribution in [0.2, 0.25) is 0 Å². The number of carbonyl (C=O) groups is 1. The smallest absolute Gasteiger partial charge is 0.305 e. The number of H-pyrrole nitrogens is 1. The lowest BCUT2D eigenvalue weighted by atomic mass is 10.1. The minimum atomic E-state index is -0.105. The molecule has 3 aromatic rings. The van der Waals surface area contributed by atoms with Crippen molar-refractivity contribution in [2.75, 3.05) is 12.5 Å². The van der Waals surface area contributed by atoms with Crippen molar-refractivity contribution in [3.05, 3.63) is 57.2 Å². The predicted octanol–water partition coefficient (Wildman–Crippen LogP) is 3.43. The number of Topliss-reactive ketones (excluding diaryl/α,β-unsaturated/α-hetero) is 1. The Kier molecular flexibility index (Phi) is 4.03. The molecule has 1 N–H and O–H groups in total. The Morgan fingerprint density at radius 3 is 2.96 bits per heavy atom. The maximum Gasteiger partial charge on any atom is 0.305 e. The van der Waals surface area contributed by atoms with Gasteiger partial charge in [0.25, 0.3) is 0 Å². The van der Waals surface area contributed by atoms with E-state index < -0.39 is 0 Å². The van der Waals surface area contributed by atoms with Gasteiger partial charge in [-0.05, 0) is 35.9 Å². The van der Waals surface area contributed by atoms with Crippen molar-refractivity contribution in [2.24, 2.45) is 0 Å². The van der Waals surface area contributed by atoms with Crippen molar-refractivity contribution in [1.82, 2.24) is 4.98 Å². The van der Waals surface area contributed by atoms with E-state index in [9.17, 15) is 9.59 Å². The first kappa shape index (κ1) is 15.3. The van der Waals surface area contributed by atoms with E-state index in [1.54, 1.807) is 30.0 Å². The van der Waals surface area contributed by atoms with E-state index in [4.69, 9.17) is 9.47 Å². The molecule has 122 valence electrons. The monoisotopic (exact) mass is 359 g/mol. The summed E-state index contributed by atoms with van der Waals surface area (Å²) in [6.07, 6.45) is 0. The molecule has 0 saturated carbocycles. The lowest BCUT2D eigenvalue weighted by Crippen LogP contribution is -2.02. The van der Waals surface area contributed by atoms with E-state index in [1.807, 2.05) is 18.2 Å². The lowest BCUT2D eigenvalue weighted by Gasteiger charge is -2.04. The molecule has 0 aliphatic carbocycles. The highest BCUT2D eigenvalue weighted by molar-refractivity contribution is 7.99. The van der Waals surface area contributed by atoms with Gasteiger partial charge < -0.3 is 14.5 Å². The van der Waals surface area contributed by atoms with Crippen LogP contribution in [0.15, 0.2) is 41.2 Å². The number of thioether (sulfide) groups is 1. The second-order valence-corrected chi connectivity index (χ2v) is 7.33. The van der Waals surface area contributed by atoms with Crippen LogP contribution in [0.25, 0.3) is 10.2 Å². The van der Waals surface area contributed by atoms with Gasteiger partial charge in [0.1, 0.15) is 0 Å². The third-order valence-electron chi connectivity index (χ3n) is 3.68. The fraction of sp³-hybridized carbons (Fsp3) is 0.176. The molecule has 5 nitrogen and oxygen atoms in total. The molecule has 0 atom stereocenters. The fourth-order valence-electron chi connectivity index (χ4n) is 2.49. The number of hydrogen-bond acceptors (Lipinski definition) is 6. The molecule has 0 amide bonds. The van der Waals surface area contributed by atoms with Crippen LogP contribution in [-0.2, 0) is 5.75 Å². The molecule has 1 aromatic heterocycles. The predicted molar refractivity (Wildman–Crippen MR) is 95.5 cm³/mol. The third kappa shape index (κ3) is 3.05. The van der Waals surface area contributed by atoms with Crippen LogP contribution in [0.4, 0.5) is 0 Å². The number of benzene rings is 2. The van der Waals surface area contributed by atoms with Gasteiger partial charge in [0.05, 0.1) is 16.0 Å². The summed E-state index contributed by atoms with van der Waals surface area (Å²) in [5, 5.41) is 0. The van der Waals surface area contributed by atoms with Crippen molar-refractivity contribution in [1.29, 1.82) is 0 Å². The van der Waals surface area contributed by atoms with Gasteiger partial charge in [0.15, 0.2) is 17.3 Å². The zero-order chi connectivity index (χ0) is 16.5. The summed E-state index contributed by atoms with van der Waals surface area (Å²) in [7, 11) is 0. The second kappa shape index (κ2) is 6.33. The summed E-state index contributed by atoms with van der Waals surface area (Å²) in [5.74, 6) is 2.69. The number of ether oxygens (including phenoxy) is 2. The topological polar surface area (TPSA) is 68.4 Å². The number of nitrogens with one attached hydrogen (secondary N) is 1. The van der Waals surface area contributed by atoms with E-state index in [0.717, 1.165) is 44.4 Å². The zero-order valence-electron chi connectivity index (χ0n) is 12.5. The molecule has 2 aromatic carbocycles. The van der Waals surface area contributed by atoms with E-state index in [0.29, 0.717) is 11.3 Å². The molecule has 0 fully saturated rings. The number of rotatable bonds is 5. The maximum absolute atomic E-state index is 12.3. The SMILES string of the molecule is O=C(CSCc1ccc2c(c1)OCO2)c1ccc2[nH]c(=O)sc2c1. The van der Waals surface area contributed by atoms with Gasteiger partial charge in [0.2, 0.25) is 6.79 Å². The van der Waals surface area contributed by atoms with E-state index in [2.05, 4.69) is 4.98 Å². The lowest BCUT2D eigenvalue weighted by molar-refractivity contribution is 0.102. The Labute approximate surface area is 145 Å². The number of ketones is 1. The number of aromatic nitrogens is 1. The minimum Gasteiger partial charge on any atom is -0.454 e. The van der Waals surface area contributed by atoms with E-state index in [-0.39, 0.29) is 17.4 Å². The van der Waals surface area contributed by atoms with Gasteiger partial charge in [0, 0.05) is 11.3 Å². The van der Waals surface area contributed by atoms with Crippen molar-refractivity contribution in [3.63, 3.8) is 0 Å². The number of aromatic amines is 1. The van der Waals surface area contributed by atoms with Gasteiger partial charge in [-0.2, -0.15) is 0 Å². The molecule has 24 heavy (non-hydrogen) atoms. The van der Waals surface area contributed by atoms with Gasteiger partial charge in [-0.15, -0.1) is 11.8 Å². The molecule has 1 aliphatic rings. The second-order valence-electron chi connectivity index (χ2n) is 5.33. The van der Waals surface area contributed by atoms with Gasteiger partial charge in [-0.25, -0.2) is 0 Å². The molecular formula is C17H13NO4S2.